The number of anilines is 1. The normalized spacial score (nSPS) is 25.2. The maximum absolute atomic E-state index is 10.3. The summed E-state index contributed by atoms with van der Waals surface area (Å²) in [5.74, 6) is 0.933. The van der Waals surface area contributed by atoms with Gasteiger partial charge in [0.05, 0.1) is 12.0 Å². The molecule has 1 aromatic carbocycles. The molecule has 4 N–H and O–H groups in total. The maximum atomic E-state index is 10.3. The number of nitrogens with one attached hydrogen (secondary N) is 1. The van der Waals surface area contributed by atoms with Crippen LogP contribution in [0.3, 0.4) is 0 Å². The van der Waals surface area contributed by atoms with E-state index in [1.54, 1.807) is 0 Å². The standard InChI is InChI=1S/C19H22N4O4/c1-23(2)19-13-11(10-6-4-3-5-7-10)8-20-17(13)21-18(22-19)16-15(26)14(25)12(9-24)27-16/h3-8,12,14-16,24-26H,9H2,1-2H3,(H,20,21,22)/t12-,14-,15-,16-/m1/s1. The predicted molar refractivity (Wildman–Crippen MR) is 100 cm³/mol. The van der Waals surface area contributed by atoms with Crippen LogP contribution in [0.1, 0.15) is 11.9 Å². The number of benzene rings is 1. The van der Waals surface area contributed by atoms with Gasteiger partial charge in [-0.25, -0.2) is 9.97 Å². The van der Waals surface area contributed by atoms with Gasteiger partial charge in [-0.15, -0.1) is 0 Å². The van der Waals surface area contributed by atoms with Gasteiger partial charge in [-0.3, -0.25) is 0 Å². The van der Waals surface area contributed by atoms with Crippen LogP contribution < -0.4 is 4.90 Å². The van der Waals surface area contributed by atoms with Gasteiger partial charge in [0, 0.05) is 25.9 Å². The van der Waals surface area contributed by atoms with Crippen molar-refractivity contribution in [3.8, 4) is 11.1 Å². The monoisotopic (exact) mass is 370 g/mol. The highest BCUT2D eigenvalue weighted by atomic mass is 16.6. The van der Waals surface area contributed by atoms with Gasteiger partial charge < -0.3 is 29.9 Å². The summed E-state index contributed by atoms with van der Waals surface area (Å²) in [4.78, 5) is 14.2. The first-order chi connectivity index (χ1) is 13.0. The largest absolute Gasteiger partial charge is 0.394 e. The fourth-order valence-corrected chi connectivity index (χ4v) is 3.44. The predicted octanol–water partition coefficient (Wildman–Crippen LogP) is 0.845. The van der Waals surface area contributed by atoms with Crippen molar-refractivity contribution in [2.24, 2.45) is 0 Å². The van der Waals surface area contributed by atoms with E-state index in [4.69, 9.17) is 4.74 Å². The Bertz CT molecular complexity index is 944. The summed E-state index contributed by atoms with van der Waals surface area (Å²) in [7, 11) is 3.76. The van der Waals surface area contributed by atoms with Crippen LogP contribution in [0.2, 0.25) is 0 Å². The first kappa shape index (κ1) is 17.9. The van der Waals surface area contributed by atoms with Crippen LogP contribution >= 0.6 is 0 Å². The lowest BCUT2D eigenvalue weighted by atomic mass is 10.1. The molecule has 1 aliphatic rings. The smallest absolute Gasteiger partial charge is 0.164 e. The SMILES string of the molecule is CN(C)c1nc([C@@H]2O[C@H](CO)[C@@H](O)[C@H]2O)nc2[nH]cc(-c3ccccc3)c12. The zero-order valence-electron chi connectivity index (χ0n) is 15.1. The van der Waals surface area contributed by atoms with Crippen LogP contribution in [0.25, 0.3) is 22.2 Å². The summed E-state index contributed by atoms with van der Waals surface area (Å²) in [5, 5.41) is 30.5. The zero-order valence-corrected chi connectivity index (χ0v) is 15.1. The molecular weight excluding hydrogens is 348 g/mol. The highest BCUT2D eigenvalue weighted by Gasteiger charge is 2.44. The molecule has 3 heterocycles. The Labute approximate surface area is 156 Å². The third kappa shape index (κ3) is 2.96. The molecule has 0 bridgehead atoms. The van der Waals surface area contributed by atoms with Crippen molar-refractivity contribution in [1.82, 2.24) is 15.0 Å². The van der Waals surface area contributed by atoms with E-state index < -0.39 is 31.0 Å². The van der Waals surface area contributed by atoms with Crippen molar-refractivity contribution in [3.05, 3.63) is 42.4 Å². The molecule has 142 valence electrons. The highest BCUT2D eigenvalue weighted by molar-refractivity contribution is 6.01. The number of hydrogen-bond acceptors (Lipinski definition) is 7. The van der Waals surface area contributed by atoms with Crippen LogP contribution in [0.5, 0.6) is 0 Å². The van der Waals surface area contributed by atoms with Crippen LogP contribution in [0, 0.1) is 0 Å². The molecule has 1 aliphatic heterocycles. The molecule has 0 aliphatic carbocycles. The van der Waals surface area contributed by atoms with E-state index in [-0.39, 0.29) is 5.82 Å². The summed E-state index contributed by atoms with van der Waals surface area (Å²) < 4.78 is 5.59. The topological polar surface area (TPSA) is 115 Å². The average molecular weight is 370 g/mol. The van der Waals surface area contributed by atoms with Crippen molar-refractivity contribution in [2.45, 2.75) is 24.4 Å². The second-order valence-corrected chi connectivity index (χ2v) is 6.85. The Hall–Kier alpha value is -2.52. The number of aliphatic hydroxyl groups excluding tert-OH is 3. The number of rotatable bonds is 4. The van der Waals surface area contributed by atoms with Crippen molar-refractivity contribution >= 4 is 16.9 Å². The first-order valence-corrected chi connectivity index (χ1v) is 8.75. The van der Waals surface area contributed by atoms with E-state index in [1.807, 2.05) is 55.5 Å². The molecule has 4 rings (SSSR count). The van der Waals surface area contributed by atoms with Crippen LogP contribution in [-0.2, 0) is 4.74 Å². The van der Waals surface area contributed by atoms with Crippen molar-refractivity contribution in [2.75, 3.05) is 25.6 Å². The van der Waals surface area contributed by atoms with E-state index in [1.165, 1.54) is 0 Å². The minimum Gasteiger partial charge on any atom is -0.394 e. The third-order valence-electron chi connectivity index (χ3n) is 4.84. The number of hydrogen-bond donors (Lipinski definition) is 4. The summed E-state index contributed by atoms with van der Waals surface area (Å²) in [6.45, 7) is -0.391. The van der Waals surface area contributed by atoms with Gasteiger partial charge >= 0.3 is 0 Å². The second-order valence-electron chi connectivity index (χ2n) is 6.85. The lowest BCUT2D eigenvalue weighted by Gasteiger charge is -2.18. The van der Waals surface area contributed by atoms with E-state index in [2.05, 4.69) is 15.0 Å². The summed E-state index contributed by atoms with van der Waals surface area (Å²) in [6.07, 6.45) is -2.30. The minimum absolute atomic E-state index is 0.259. The molecule has 1 fully saturated rings. The van der Waals surface area contributed by atoms with Crippen molar-refractivity contribution < 1.29 is 20.1 Å². The van der Waals surface area contributed by atoms with E-state index in [9.17, 15) is 15.3 Å². The average Bonchev–Trinajstić information content (AvgIpc) is 3.23. The Morgan fingerprint density at radius 3 is 2.48 bits per heavy atom. The zero-order chi connectivity index (χ0) is 19.1. The molecule has 2 aromatic heterocycles. The number of aromatic amines is 1. The molecule has 8 heteroatoms. The number of fused-ring (bicyclic) bond motifs is 1. The van der Waals surface area contributed by atoms with Gasteiger partial charge in [0.15, 0.2) is 5.82 Å². The van der Waals surface area contributed by atoms with Gasteiger partial charge in [-0.1, -0.05) is 30.3 Å². The molecule has 4 atom stereocenters. The number of ether oxygens (including phenoxy) is 1. The van der Waals surface area contributed by atoms with Gasteiger partial charge in [-0.2, -0.15) is 0 Å². The Balaban J connectivity index is 1.84. The number of aliphatic hydroxyl groups is 3. The number of nitrogens with zero attached hydrogens (tertiary/aromatic N) is 3. The first-order valence-electron chi connectivity index (χ1n) is 8.75. The molecule has 3 aromatic rings. The number of H-pyrrole nitrogens is 1. The Morgan fingerprint density at radius 2 is 1.85 bits per heavy atom. The molecule has 27 heavy (non-hydrogen) atoms. The molecule has 0 radical (unpaired) electrons. The number of aromatic nitrogens is 3. The summed E-state index contributed by atoms with van der Waals surface area (Å²) in [6, 6.07) is 9.93. The molecule has 8 nitrogen and oxygen atoms in total. The molecule has 0 amide bonds. The minimum atomic E-state index is -1.21. The molecule has 1 saturated heterocycles. The van der Waals surface area contributed by atoms with Crippen LogP contribution in [-0.4, -0.2) is 69.3 Å². The van der Waals surface area contributed by atoms with Gasteiger partial charge in [0.1, 0.15) is 35.9 Å². The van der Waals surface area contributed by atoms with Gasteiger partial charge in [0.2, 0.25) is 0 Å². The Kier molecular flexibility index (Phi) is 4.56. The van der Waals surface area contributed by atoms with Crippen LogP contribution in [0.15, 0.2) is 36.5 Å². The Morgan fingerprint density at radius 1 is 1.11 bits per heavy atom. The lowest BCUT2D eigenvalue weighted by Crippen LogP contribution is -2.32. The van der Waals surface area contributed by atoms with E-state index in [0.29, 0.717) is 11.5 Å². The highest BCUT2D eigenvalue weighted by Crippen LogP contribution is 2.37. The van der Waals surface area contributed by atoms with Crippen molar-refractivity contribution in [1.29, 1.82) is 0 Å². The molecular formula is C19H22N4O4. The molecule has 0 spiro atoms. The maximum Gasteiger partial charge on any atom is 0.164 e. The fourth-order valence-electron chi connectivity index (χ4n) is 3.44. The fraction of sp³-hybridized carbons (Fsp3) is 0.368. The molecule has 0 unspecified atom stereocenters. The third-order valence-corrected chi connectivity index (χ3v) is 4.84. The van der Waals surface area contributed by atoms with Crippen LogP contribution in [0.4, 0.5) is 5.82 Å². The van der Waals surface area contributed by atoms with Gasteiger partial charge in [0.25, 0.3) is 0 Å². The quantitative estimate of drug-likeness (QED) is 0.538. The van der Waals surface area contributed by atoms with E-state index in [0.717, 1.165) is 16.5 Å². The summed E-state index contributed by atoms with van der Waals surface area (Å²) >= 11 is 0. The molecule has 0 saturated carbocycles. The second kappa shape index (κ2) is 6.90. The summed E-state index contributed by atoms with van der Waals surface area (Å²) in [5.41, 5.74) is 2.62. The van der Waals surface area contributed by atoms with Gasteiger partial charge in [-0.05, 0) is 5.56 Å². The lowest BCUT2D eigenvalue weighted by molar-refractivity contribution is -0.0251. The van der Waals surface area contributed by atoms with Crippen molar-refractivity contribution in [3.63, 3.8) is 0 Å². The van der Waals surface area contributed by atoms with E-state index >= 15 is 0 Å².